The van der Waals surface area contributed by atoms with Crippen molar-refractivity contribution in [3.63, 3.8) is 0 Å². The maximum absolute atomic E-state index is 12.2. The molecular weight excluding hydrogens is 280 g/mol. The molecule has 0 saturated carbocycles. The summed E-state index contributed by atoms with van der Waals surface area (Å²) in [5.74, 6) is 1.90. The molecule has 22 heavy (non-hydrogen) atoms. The van der Waals surface area contributed by atoms with E-state index in [1.807, 2.05) is 6.07 Å². The first-order valence-electron chi connectivity index (χ1n) is 8.12. The zero-order valence-electron chi connectivity index (χ0n) is 13.7. The molecule has 0 radical (unpaired) electrons. The summed E-state index contributed by atoms with van der Waals surface area (Å²) in [6.07, 6.45) is 1.18. The molecule has 2 atom stereocenters. The minimum Gasteiger partial charge on any atom is -0.338 e. The van der Waals surface area contributed by atoms with Crippen LogP contribution < -0.4 is 10.6 Å². The van der Waals surface area contributed by atoms with Gasteiger partial charge in [-0.3, -0.25) is 15.0 Å². The van der Waals surface area contributed by atoms with Gasteiger partial charge in [-0.1, -0.05) is 25.9 Å². The SMILES string of the molecule is CC(C)(C)c1cc(NC(=O)CN2CCC3CNCC3C2)on1. The van der Waals surface area contributed by atoms with Crippen molar-refractivity contribution in [3.05, 3.63) is 11.8 Å². The summed E-state index contributed by atoms with van der Waals surface area (Å²) in [5, 5.41) is 10.3. The molecular formula is C16H26N4O2. The minimum absolute atomic E-state index is 0.0268. The Hall–Kier alpha value is -1.40. The Bertz CT molecular complexity index is 534. The van der Waals surface area contributed by atoms with Gasteiger partial charge in [-0.15, -0.1) is 0 Å². The summed E-state index contributed by atoms with van der Waals surface area (Å²) in [5.41, 5.74) is 0.768. The first-order valence-corrected chi connectivity index (χ1v) is 8.12. The Balaban J connectivity index is 1.51. The number of piperidine rings is 1. The predicted octanol–water partition coefficient (Wildman–Crippen LogP) is 1.45. The van der Waals surface area contributed by atoms with E-state index in [4.69, 9.17) is 4.52 Å². The third-order valence-corrected chi connectivity index (χ3v) is 4.70. The first-order chi connectivity index (χ1) is 10.4. The van der Waals surface area contributed by atoms with Crippen molar-refractivity contribution in [1.29, 1.82) is 0 Å². The van der Waals surface area contributed by atoms with Crippen LogP contribution in [-0.2, 0) is 10.2 Å². The molecule has 6 nitrogen and oxygen atoms in total. The van der Waals surface area contributed by atoms with Crippen LogP contribution in [0.25, 0.3) is 0 Å². The fourth-order valence-electron chi connectivity index (χ4n) is 3.32. The summed E-state index contributed by atoms with van der Waals surface area (Å²) in [7, 11) is 0. The van der Waals surface area contributed by atoms with Crippen LogP contribution in [0.4, 0.5) is 5.88 Å². The average molecular weight is 306 g/mol. The smallest absolute Gasteiger partial charge is 0.240 e. The van der Waals surface area contributed by atoms with Crippen LogP contribution in [0.1, 0.15) is 32.9 Å². The normalized spacial score (nSPS) is 26.0. The lowest BCUT2D eigenvalue weighted by Crippen LogP contribution is -2.43. The van der Waals surface area contributed by atoms with Gasteiger partial charge in [-0.2, -0.15) is 0 Å². The number of likely N-dealkylation sites (tertiary alicyclic amines) is 1. The Morgan fingerprint density at radius 1 is 1.45 bits per heavy atom. The van der Waals surface area contributed by atoms with Crippen LogP contribution in [0.2, 0.25) is 0 Å². The molecule has 0 aliphatic carbocycles. The highest BCUT2D eigenvalue weighted by atomic mass is 16.5. The van der Waals surface area contributed by atoms with Gasteiger partial charge in [-0.05, 0) is 37.9 Å². The monoisotopic (exact) mass is 306 g/mol. The molecule has 0 aromatic carbocycles. The zero-order chi connectivity index (χ0) is 15.7. The fraction of sp³-hybridized carbons (Fsp3) is 0.750. The maximum atomic E-state index is 12.2. The molecule has 0 spiro atoms. The van der Waals surface area contributed by atoms with Crippen molar-refractivity contribution in [2.75, 3.05) is 38.0 Å². The van der Waals surface area contributed by atoms with E-state index in [2.05, 4.69) is 41.5 Å². The Kier molecular flexibility index (Phi) is 4.23. The van der Waals surface area contributed by atoms with Crippen LogP contribution in [0, 0.1) is 11.8 Å². The second kappa shape index (κ2) is 6.01. The Morgan fingerprint density at radius 3 is 2.95 bits per heavy atom. The maximum Gasteiger partial charge on any atom is 0.240 e. The number of carbonyl (C=O) groups excluding carboxylic acids is 1. The fourth-order valence-corrected chi connectivity index (χ4v) is 3.32. The first kappa shape index (κ1) is 15.5. The third kappa shape index (κ3) is 3.50. The van der Waals surface area contributed by atoms with Crippen LogP contribution in [0.15, 0.2) is 10.6 Å². The average Bonchev–Trinajstić information content (AvgIpc) is 3.05. The van der Waals surface area contributed by atoms with Gasteiger partial charge in [0, 0.05) is 18.0 Å². The predicted molar refractivity (Wildman–Crippen MR) is 84.7 cm³/mol. The van der Waals surface area contributed by atoms with Gasteiger partial charge < -0.3 is 9.84 Å². The molecule has 2 aliphatic rings. The number of anilines is 1. The van der Waals surface area contributed by atoms with Gasteiger partial charge >= 0.3 is 0 Å². The number of carbonyl (C=O) groups is 1. The zero-order valence-corrected chi connectivity index (χ0v) is 13.7. The number of hydrogen-bond donors (Lipinski definition) is 2. The topological polar surface area (TPSA) is 70.4 Å². The molecule has 1 amide bonds. The van der Waals surface area contributed by atoms with E-state index in [1.54, 1.807) is 0 Å². The van der Waals surface area contributed by atoms with Crippen LogP contribution in [-0.4, -0.2) is 48.7 Å². The van der Waals surface area contributed by atoms with Gasteiger partial charge in [-0.25, -0.2) is 0 Å². The minimum atomic E-state index is -0.0795. The highest BCUT2D eigenvalue weighted by molar-refractivity contribution is 5.91. The molecule has 2 unspecified atom stereocenters. The highest BCUT2D eigenvalue weighted by Gasteiger charge is 2.33. The van der Waals surface area contributed by atoms with E-state index < -0.39 is 0 Å². The number of amides is 1. The molecule has 1 aromatic heterocycles. The largest absolute Gasteiger partial charge is 0.338 e. The number of aromatic nitrogens is 1. The van der Waals surface area contributed by atoms with E-state index in [9.17, 15) is 4.79 Å². The van der Waals surface area contributed by atoms with Crippen molar-refractivity contribution < 1.29 is 9.32 Å². The standard InChI is InChI=1S/C16H26N4O2/c1-16(2,3)13-6-15(22-19-13)18-14(21)10-20-5-4-11-7-17-8-12(11)9-20/h6,11-12,17H,4-5,7-10H2,1-3H3,(H,18,21). The van der Waals surface area contributed by atoms with Crippen molar-refractivity contribution in [2.24, 2.45) is 11.8 Å². The molecule has 2 aliphatic heterocycles. The molecule has 2 N–H and O–H groups in total. The molecule has 2 fully saturated rings. The van der Waals surface area contributed by atoms with Gasteiger partial charge in [0.15, 0.2) is 0 Å². The van der Waals surface area contributed by atoms with E-state index in [-0.39, 0.29) is 11.3 Å². The number of nitrogens with one attached hydrogen (secondary N) is 2. The molecule has 1 aromatic rings. The molecule has 6 heteroatoms. The summed E-state index contributed by atoms with van der Waals surface area (Å²) >= 11 is 0. The van der Waals surface area contributed by atoms with Crippen molar-refractivity contribution in [3.8, 4) is 0 Å². The van der Waals surface area contributed by atoms with Gasteiger partial charge in [0.05, 0.1) is 12.2 Å². The molecule has 122 valence electrons. The van der Waals surface area contributed by atoms with Gasteiger partial charge in [0.25, 0.3) is 0 Å². The van der Waals surface area contributed by atoms with Crippen LogP contribution in [0.3, 0.4) is 0 Å². The van der Waals surface area contributed by atoms with Crippen molar-refractivity contribution in [2.45, 2.75) is 32.6 Å². The second-order valence-electron chi connectivity index (χ2n) is 7.58. The van der Waals surface area contributed by atoms with E-state index >= 15 is 0 Å². The summed E-state index contributed by atoms with van der Waals surface area (Å²) in [6, 6.07) is 1.81. The number of hydrogen-bond acceptors (Lipinski definition) is 5. The van der Waals surface area contributed by atoms with E-state index in [0.29, 0.717) is 18.3 Å². The summed E-state index contributed by atoms with van der Waals surface area (Å²) in [4.78, 5) is 14.4. The van der Waals surface area contributed by atoms with Crippen LogP contribution >= 0.6 is 0 Å². The van der Waals surface area contributed by atoms with Crippen LogP contribution in [0.5, 0.6) is 0 Å². The second-order valence-corrected chi connectivity index (χ2v) is 7.58. The Morgan fingerprint density at radius 2 is 2.23 bits per heavy atom. The van der Waals surface area contributed by atoms with Gasteiger partial charge in [0.2, 0.25) is 11.8 Å². The summed E-state index contributed by atoms with van der Waals surface area (Å²) < 4.78 is 5.21. The Labute approximate surface area is 131 Å². The van der Waals surface area contributed by atoms with E-state index in [0.717, 1.165) is 37.8 Å². The van der Waals surface area contributed by atoms with E-state index in [1.165, 1.54) is 6.42 Å². The van der Waals surface area contributed by atoms with Gasteiger partial charge in [0.1, 0.15) is 0 Å². The molecule has 2 saturated heterocycles. The number of fused-ring (bicyclic) bond motifs is 1. The number of nitrogens with zero attached hydrogens (tertiary/aromatic N) is 2. The lowest BCUT2D eigenvalue weighted by Gasteiger charge is -2.33. The number of rotatable bonds is 3. The third-order valence-electron chi connectivity index (χ3n) is 4.70. The quantitative estimate of drug-likeness (QED) is 0.884. The lowest BCUT2D eigenvalue weighted by atomic mass is 9.89. The molecule has 0 bridgehead atoms. The molecule has 3 heterocycles. The molecule has 3 rings (SSSR count). The van der Waals surface area contributed by atoms with Crippen molar-refractivity contribution in [1.82, 2.24) is 15.4 Å². The lowest BCUT2D eigenvalue weighted by molar-refractivity contribution is -0.118. The van der Waals surface area contributed by atoms with Crippen molar-refractivity contribution >= 4 is 11.8 Å². The summed E-state index contributed by atoms with van der Waals surface area (Å²) in [6.45, 7) is 10.9. The highest BCUT2D eigenvalue weighted by Crippen LogP contribution is 2.26.